The predicted octanol–water partition coefficient (Wildman–Crippen LogP) is -1.41. The van der Waals surface area contributed by atoms with Gasteiger partial charge in [0.05, 0.1) is 17.5 Å². The molecule has 3 aliphatic heterocycles. The molecule has 154 valence electrons. The van der Waals surface area contributed by atoms with Gasteiger partial charge >= 0.3 is 12.0 Å². The van der Waals surface area contributed by atoms with Gasteiger partial charge in [0.2, 0.25) is 5.91 Å². The molecular weight excluding hydrogens is 390 g/mol. The number of thioether (sulfide) groups is 1. The van der Waals surface area contributed by atoms with Crippen molar-refractivity contribution in [3.05, 3.63) is 0 Å². The molecule has 3 heterocycles. The first-order valence-corrected chi connectivity index (χ1v) is 10.2. The monoisotopic (exact) mass is 413 g/mol. The van der Waals surface area contributed by atoms with E-state index in [0.29, 0.717) is 18.0 Å². The molecule has 0 aromatic heterocycles. The van der Waals surface area contributed by atoms with Crippen molar-refractivity contribution in [3.63, 3.8) is 0 Å². The molecular formula is C16H23N5O6S. The molecule has 0 aliphatic carbocycles. The van der Waals surface area contributed by atoms with Gasteiger partial charge in [-0.1, -0.05) is 0 Å². The van der Waals surface area contributed by atoms with Gasteiger partial charge in [0.15, 0.2) is 0 Å². The highest BCUT2D eigenvalue weighted by atomic mass is 32.2. The standard InChI is InChI=1S/C16H23N5O6S/c1-8(15(25)27-21-11(23)4-5-12(21)24)18-10(22)3-2-6-17-14-13-9(7-28-14)19-16(26)20-13/h8-9,13-14,17H,2-7H2,1H3,(H,18,22)(H2,19,20,26)/t8?,9-,13-,14+/m0/s1. The lowest BCUT2D eigenvalue weighted by Gasteiger charge is -2.19. The van der Waals surface area contributed by atoms with Crippen LogP contribution < -0.4 is 21.3 Å². The molecule has 4 N–H and O–H groups in total. The number of carbonyl (C=O) groups excluding carboxylic acids is 5. The molecule has 3 aliphatic rings. The zero-order valence-corrected chi connectivity index (χ0v) is 16.2. The zero-order valence-electron chi connectivity index (χ0n) is 15.4. The lowest BCUT2D eigenvalue weighted by molar-refractivity contribution is -0.198. The summed E-state index contributed by atoms with van der Waals surface area (Å²) in [6, 6.07) is -0.969. The number of hydroxylamine groups is 2. The van der Waals surface area contributed by atoms with Crippen LogP contribution >= 0.6 is 11.8 Å². The van der Waals surface area contributed by atoms with Gasteiger partial charge < -0.3 is 26.1 Å². The first-order chi connectivity index (χ1) is 13.3. The minimum atomic E-state index is -0.979. The Hall–Kier alpha value is -2.34. The average molecular weight is 413 g/mol. The third-order valence-electron chi connectivity index (χ3n) is 4.67. The minimum Gasteiger partial charge on any atom is -0.343 e. The summed E-state index contributed by atoms with van der Waals surface area (Å²) < 4.78 is 0. The summed E-state index contributed by atoms with van der Waals surface area (Å²) in [5.74, 6) is -1.50. The Morgan fingerprint density at radius 1 is 1.25 bits per heavy atom. The van der Waals surface area contributed by atoms with Gasteiger partial charge in [-0.3, -0.25) is 14.4 Å². The largest absolute Gasteiger partial charge is 0.354 e. The molecule has 0 saturated carbocycles. The van der Waals surface area contributed by atoms with E-state index >= 15 is 0 Å². The van der Waals surface area contributed by atoms with Crippen molar-refractivity contribution in [3.8, 4) is 0 Å². The van der Waals surface area contributed by atoms with Crippen LogP contribution in [0.5, 0.6) is 0 Å². The number of rotatable bonds is 8. The third kappa shape index (κ3) is 4.73. The highest BCUT2D eigenvalue weighted by molar-refractivity contribution is 8.00. The first kappa shape index (κ1) is 20.4. The molecule has 4 atom stereocenters. The van der Waals surface area contributed by atoms with Crippen molar-refractivity contribution in [2.24, 2.45) is 0 Å². The van der Waals surface area contributed by atoms with Crippen LogP contribution in [0.1, 0.15) is 32.6 Å². The fourth-order valence-electron chi connectivity index (χ4n) is 3.17. The van der Waals surface area contributed by atoms with Gasteiger partial charge in [0.1, 0.15) is 6.04 Å². The molecule has 12 heteroatoms. The van der Waals surface area contributed by atoms with Gasteiger partial charge in [0, 0.05) is 25.0 Å². The van der Waals surface area contributed by atoms with Crippen molar-refractivity contribution in [1.29, 1.82) is 0 Å². The van der Waals surface area contributed by atoms with Crippen LogP contribution in [-0.4, -0.2) is 70.6 Å². The van der Waals surface area contributed by atoms with Crippen LogP contribution in [0.25, 0.3) is 0 Å². The molecule has 11 nitrogen and oxygen atoms in total. The van der Waals surface area contributed by atoms with Crippen LogP contribution in [0, 0.1) is 0 Å². The van der Waals surface area contributed by atoms with Gasteiger partial charge in [-0.05, 0) is 19.9 Å². The zero-order chi connectivity index (χ0) is 20.3. The van der Waals surface area contributed by atoms with Crippen molar-refractivity contribution < 1.29 is 28.8 Å². The van der Waals surface area contributed by atoms with Crippen LogP contribution in [0.15, 0.2) is 0 Å². The maximum Gasteiger partial charge on any atom is 0.354 e. The van der Waals surface area contributed by atoms with E-state index < -0.39 is 23.8 Å². The Labute approximate surface area is 165 Å². The Balaban J connectivity index is 1.32. The summed E-state index contributed by atoms with van der Waals surface area (Å²) in [4.78, 5) is 62.9. The molecule has 5 amide bonds. The van der Waals surface area contributed by atoms with Crippen molar-refractivity contribution >= 4 is 41.5 Å². The molecule has 0 spiro atoms. The number of imide groups is 1. The number of urea groups is 1. The topological polar surface area (TPSA) is 146 Å². The van der Waals surface area contributed by atoms with Gasteiger partial charge in [-0.15, -0.1) is 16.8 Å². The highest BCUT2D eigenvalue weighted by Crippen LogP contribution is 2.27. The number of hydrogen-bond donors (Lipinski definition) is 4. The summed E-state index contributed by atoms with van der Waals surface area (Å²) >= 11 is 1.72. The van der Waals surface area contributed by atoms with E-state index in [-0.39, 0.29) is 48.7 Å². The summed E-state index contributed by atoms with van der Waals surface area (Å²) in [5.41, 5.74) is 0. The number of amides is 5. The Morgan fingerprint density at radius 3 is 2.68 bits per heavy atom. The van der Waals surface area contributed by atoms with E-state index in [0.717, 1.165) is 5.75 Å². The molecule has 0 radical (unpaired) electrons. The van der Waals surface area contributed by atoms with E-state index in [1.807, 2.05) is 0 Å². The van der Waals surface area contributed by atoms with Crippen LogP contribution in [-0.2, 0) is 24.0 Å². The predicted molar refractivity (Wildman–Crippen MR) is 97.5 cm³/mol. The van der Waals surface area contributed by atoms with Crippen LogP contribution in [0.2, 0.25) is 0 Å². The Bertz CT molecular complexity index is 672. The third-order valence-corrected chi connectivity index (χ3v) is 6.04. The fraction of sp³-hybridized carbons (Fsp3) is 0.688. The molecule has 0 aromatic rings. The molecule has 0 bridgehead atoms. The van der Waals surface area contributed by atoms with E-state index in [4.69, 9.17) is 4.84 Å². The Kier molecular flexibility index (Phi) is 6.39. The number of fused-ring (bicyclic) bond motifs is 1. The number of hydrogen-bond acceptors (Lipinski definition) is 8. The molecule has 1 unspecified atom stereocenters. The lowest BCUT2D eigenvalue weighted by Crippen LogP contribution is -2.45. The second-order valence-corrected chi connectivity index (χ2v) is 8.02. The molecule has 28 heavy (non-hydrogen) atoms. The second kappa shape index (κ2) is 8.78. The average Bonchev–Trinajstić information content (AvgIpc) is 3.28. The maximum atomic E-state index is 12.0. The van der Waals surface area contributed by atoms with E-state index in [1.165, 1.54) is 6.92 Å². The van der Waals surface area contributed by atoms with Gasteiger partial charge in [-0.25, -0.2) is 9.59 Å². The summed E-state index contributed by atoms with van der Waals surface area (Å²) in [6.45, 7) is 2.01. The lowest BCUT2D eigenvalue weighted by atomic mass is 10.1. The summed E-state index contributed by atoms with van der Waals surface area (Å²) in [6.07, 6.45) is 0.774. The van der Waals surface area contributed by atoms with Crippen LogP contribution in [0.4, 0.5) is 4.79 Å². The van der Waals surface area contributed by atoms with E-state index in [1.54, 1.807) is 11.8 Å². The van der Waals surface area contributed by atoms with Crippen molar-refractivity contribution in [2.45, 2.75) is 56.1 Å². The quantitative estimate of drug-likeness (QED) is 0.216. The summed E-state index contributed by atoms with van der Waals surface area (Å²) in [7, 11) is 0. The van der Waals surface area contributed by atoms with Gasteiger partial charge in [-0.2, -0.15) is 0 Å². The fourth-order valence-corrected chi connectivity index (χ4v) is 4.58. The van der Waals surface area contributed by atoms with Crippen molar-refractivity contribution in [2.75, 3.05) is 12.3 Å². The second-order valence-electron chi connectivity index (χ2n) is 6.84. The molecule has 0 aromatic carbocycles. The molecule has 3 rings (SSSR count). The van der Waals surface area contributed by atoms with Crippen molar-refractivity contribution in [1.82, 2.24) is 26.3 Å². The molecule has 3 saturated heterocycles. The Morgan fingerprint density at radius 2 is 1.96 bits per heavy atom. The highest BCUT2D eigenvalue weighted by Gasteiger charge is 2.42. The maximum absolute atomic E-state index is 12.0. The normalized spacial score (nSPS) is 27.2. The van der Waals surface area contributed by atoms with E-state index in [2.05, 4.69) is 21.3 Å². The van der Waals surface area contributed by atoms with Gasteiger partial charge in [0.25, 0.3) is 11.8 Å². The molecule has 3 fully saturated rings. The van der Waals surface area contributed by atoms with Crippen LogP contribution in [0.3, 0.4) is 0 Å². The number of carbonyl (C=O) groups is 5. The first-order valence-electron chi connectivity index (χ1n) is 9.14. The number of nitrogens with zero attached hydrogens (tertiary/aromatic N) is 1. The minimum absolute atomic E-state index is 0.0144. The number of nitrogens with one attached hydrogen (secondary N) is 4. The SMILES string of the molecule is CC(NC(=O)CCCN[C@@H]1SC[C@@H]2NC(=O)N[C@@H]21)C(=O)ON1C(=O)CCC1=O. The smallest absolute Gasteiger partial charge is 0.343 e. The van der Waals surface area contributed by atoms with E-state index in [9.17, 15) is 24.0 Å². The summed E-state index contributed by atoms with van der Waals surface area (Å²) in [5, 5.41) is 12.1.